The van der Waals surface area contributed by atoms with Gasteiger partial charge in [0.05, 0.1) is 12.8 Å². The van der Waals surface area contributed by atoms with E-state index >= 15 is 0 Å². The third-order valence-corrected chi connectivity index (χ3v) is 6.60. The summed E-state index contributed by atoms with van der Waals surface area (Å²) >= 11 is 11.2. The summed E-state index contributed by atoms with van der Waals surface area (Å²) in [4.78, 5) is 0. The van der Waals surface area contributed by atoms with Gasteiger partial charge in [0.25, 0.3) is 0 Å². The van der Waals surface area contributed by atoms with Crippen LogP contribution < -0.4 is 9.47 Å². The Morgan fingerprint density at radius 3 is 2.68 bits per heavy atom. The van der Waals surface area contributed by atoms with Gasteiger partial charge in [0.2, 0.25) is 5.16 Å². The lowest BCUT2D eigenvalue weighted by Gasteiger charge is -2.12. The second kappa shape index (κ2) is 12.1. The predicted molar refractivity (Wildman–Crippen MR) is 140 cm³/mol. The first-order valence-electron chi connectivity index (χ1n) is 10.6. The van der Waals surface area contributed by atoms with Crippen molar-refractivity contribution in [3.05, 3.63) is 99.2 Å². The average molecular weight is 558 g/mol. The van der Waals surface area contributed by atoms with Crippen molar-refractivity contribution in [1.29, 1.82) is 0 Å². The van der Waals surface area contributed by atoms with Gasteiger partial charge >= 0.3 is 0 Å². The van der Waals surface area contributed by atoms with Crippen LogP contribution in [0.15, 0.2) is 87.8 Å². The molecule has 0 aliphatic rings. The van der Waals surface area contributed by atoms with Crippen LogP contribution in [0.3, 0.4) is 0 Å². The molecule has 0 fully saturated rings. The van der Waals surface area contributed by atoms with Crippen molar-refractivity contribution in [2.24, 2.45) is 5.10 Å². The summed E-state index contributed by atoms with van der Waals surface area (Å²) < 4.78 is 14.5. The SMILES string of the molecule is CCOc1cc(/C=N/n2cnnc2SCc2ccccc2Cl)ccc1OCc1ccc(Br)cc1. The molecule has 0 atom stereocenters. The van der Waals surface area contributed by atoms with Crippen molar-refractivity contribution in [2.75, 3.05) is 6.61 Å². The normalized spacial score (nSPS) is 11.1. The molecule has 1 heterocycles. The van der Waals surface area contributed by atoms with Crippen LogP contribution in [0.1, 0.15) is 23.6 Å². The van der Waals surface area contributed by atoms with Crippen molar-refractivity contribution in [3.63, 3.8) is 0 Å². The van der Waals surface area contributed by atoms with E-state index in [4.69, 9.17) is 21.1 Å². The van der Waals surface area contributed by atoms with Gasteiger partial charge in [0.15, 0.2) is 11.5 Å². The fraction of sp³-hybridized carbons (Fsp3) is 0.160. The highest BCUT2D eigenvalue weighted by atomic mass is 79.9. The van der Waals surface area contributed by atoms with Crippen LogP contribution in [-0.4, -0.2) is 27.7 Å². The molecule has 0 aliphatic carbocycles. The molecule has 0 unspecified atom stereocenters. The molecule has 0 amide bonds. The van der Waals surface area contributed by atoms with E-state index in [9.17, 15) is 0 Å². The van der Waals surface area contributed by atoms with Gasteiger partial charge in [-0.2, -0.15) is 9.78 Å². The third kappa shape index (κ3) is 6.62. The maximum absolute atomic E-state index is 6.25. The number of halogens is 2. The molecule has 1 aromatic heterocycles. The van der Waals surface area contributed by atoms with Crippen molar-refractivity contribution in [1.82, 2.24) is 14.9 Å². The van der Waals surface area contributed by atoms with Crippen molar-refractivity contribution in [2.45, 2.75) is 24.4 Å². The monoisotopic (exact) mass is 556 g/mol. The molecule has 174 valence electrons. The molecule has 0 saturated carbocycles. The second-order valence-electron chi connectivity index (χ2n) is 7.14. The van der Waals surface area contributed by atoms with Crippen LogP contribution in [0.5, 0.6) is 11.5 Å². The Kier molecular flexibility index (Phi) is 8.62. The van der Waals surface area contributed by atoms with E-state index in [1.54, 1.807) is 17.2 Å². The zero-order valence-electron chi connectivity index (χ0n) is 18.4. The first-order chi connectivity index (χ1) is 16.6. The maximum atomic E-state index is 6.25. The summed E-state index contributed by atoms with van der Waals surface area (Å²) in [5, 5.41) is 14.1. The van der Waals surface area contributed by atoms with E-state index in [0.29, 0.717) is 35.6 Å². The summed E-state index contributed by atoms with van der Waals surface area (Å²) in [5.41, 5.74) is 2.98. The number of nitrogens with zero attached hydrogens (tertiary/aromatic N) is 4. The smallest absolute Gasteiger partial charge is 0.212 e. The van der Waals surface area contributed by atoms with Crippen molar-refractivity contribution < 1.29 is 9.47 Å². The lowest BCUT2D eigenvalue weighted by Crippen LogP contribution is -2.00. The zero-order valence-corrected chi connectivity index (χ0v) is 21.6. The van der Waals surface area contributed by atoms with Gasteiger partial charge in [-0.05, 0) is 60.0 Å². The number of rotatable bonds is 10. The Bertz CT molecular complexity index is 1260. The standard InChI is InChI=1S/C25H22BrClN4O2S/c1-2-32-24-13-19(9-12-23(24)33-15-18-7-10-21(26)11-8-18)14-29-31-17-28-30-25(31)34-16-20-5-3-4-6-22(20)27/h3-14,17H,2,15-16H2,1H3/b29-14+. The minimum Gasteiger partial charge on any atom is -0.490 e. The predicted octanol–water partition coefficient (Wildman–Crippen LogP) is 6.85. The molecule has 6 nitrogen and oxygen atoms in total. The Morgan fingerprint density at radius 2 is 1.88 bits per heavy atom. The lowest BCUT2D eigenvalue weighted by atomic mass is 10.2. The minimum absolute atomic E-state index is 0.452. The van der Waals surface area contributed by atoms with Crippen LogP contribution in [-0.2, 0) is 12.4 Å². The Balaban J connectivity index is 1.44. The molecule has 0 aliphatic heterocycles. The summed E-state index contributed by atoms with van der Waals surface area (Å²) in [6.45, 7) is 2.93. The molecule has 0 bridgehead atoms. The largest absolute Gasteiger partial charge is 0.490 e. The summed E-state index contributed by atoms with van der Waals surface area (Å²) in [5.74, 6) is 2.02. The number of benzene rings is 3. The van der Waals surface area contributed by atoms with Gasteiger partial charge in [0, 0.05) is 15.2 Å². The van der Waals surface area contributed by atoms with Crippen molar-refractivity contribution in [3.8, 4) is 11.5 Å². The number of aromatic nitrogens is 3. The van der Waals surface area contributed by atoms with E-state index in [1.165, 1.54) is 11.8 Å². The number of ether oxygens (including phenoxy) is 2. The maximum Gasteiger partial charge on any atom is 0.212 e. The van der Waals surface area contributed by atoms with Gasteiger partial charge in [0.1, 0.15) is 12.9 Å². The molecule has 3 aromatic carbocycles. The van der Waals surface area contributed by atoms with E-state index in [-0.39, 0.29) is 0 Å². The molecule has 4 aromatic rings. The van der Waals surface area contributed by atoms with Crippen LogP contribution in [0.25, 0.3) is 0 Å². The minimum atomic E-state index is 0.452. The van der Waals surface area contributed by atoms with Crippen LogP contribution >= 0.6 is 39.3 Å². The molecule has 4 rings (SSSR count). The summed E-state index contributed by atoms with van der Waals surface area (Å²) in [7, 11) is 0. The van der Waals surface area contributed by atoms with E-state index in [0.717, 1.165) is 26.2 Å². The van der Waals surface area contributed by atoms with Crippen molar-refractivity contribution >= 4 is 45.5 Å². The number of hydrogen-bond acceptors (Lipinski definition) is 6. The van der Waals surface area contributed by atoms with Crippen LogP contribution in [0, 0.1) is 0 Å². The zero-order chi connectivity index (χ0) is 23.8. The number of hydrogen-bond donors (Lipinski definition) is 0. The highest BCUT2D eigenvalue weighted by Gasteiger charge is 2.09. The molecular formula is C25H22BrClN4O2S. The molecule has 0 spiro atoms. The van der Waals surface area contributed by atoms with Crippen LogP contribution in [0.2, 0.25) is 5.02 Å². The molecule has 0 radical (unpaired) electrons. The van der Waals surface area contributed by atoms with Gasteiger partial charge in [-0.3, -0.25) is 0 Å². The van der Waals surface area contributed by atoms with E-state index < -0.39 is 0 Å². The second-order valence-corrected chi connectivity index (χ2v) is 9.40. The van der Waals surface area contributed by atoms with E-state index in [1.807, 2.05) is 73.7 Å². The van der Waals surface area contributed by atoms with E-state index in [2.05, 4.69) is 31.2 Å². The molecular weight excluding hydrogens is 536 g/mol. The van der Waals surface area contributed by atoms with Gasteiger partial charge in [-0.1, -0.05) is 69.6 Å². The van der Waals surface area contributed by atoms with Gasteiger partial charge in [-0.15, -0.1) is 10.2 Å². The average Bonchev–Trinajstić information content (AvgIpc) is 3.30. The highest BCUT2D eigenvalue weighted by molar-refractivity contribution is 9.10. The fourth-order valence-electron chi connectivity index (χ4n) is 3.01. The first-order valence-corrected chi connectivity index (χ1v) is 12.7. The summed E-state index contributed by atoms with van der Waals surface area (Å²) in [6.07, 6.45) is 3.31. The van der Waals surface area contributed by atoms with Gasteiger partial charge < -0.3 is 9.47 Å². The Labute approximate surface area is 216 Å². The summed E-state index contributed by atoms with van der Waals surface area (Å²) in [6, 6.07) is 21.5. The Morgan fingerprint density at radius 1 is 1.06 bits per heavy atom. The molecule has 9 heteroatoms. The molecule has 0 N–H and O–H groups in total. The molecule has 34 heavy (non-hydrogen) atoms. The topological polar surface area (TPSA) is 61.5 Å². The molecule has 0 saturated heterocycles. The third-order valence-electron chi connectivity index (χ3n) is 4.72. The first kappa shape index (κ1) is 24.3. The number of thioether (sulfide) groups is 1. The Hall–Kier alpha value is -2.81. The van der Waals surface area contributed by atoms with Gasteiger partial charge in [-0.25, -0.2) is 0 Å². The highest BCUT2D eigenvalue weighted by Crippen LogP contribution is 2.29. The fourth-order valence-corrected chi connectivity index (χ4v) is 4.43. The van der Waals surface area contributed by atoms with Crippen LogP contribution in [0.4, 0.5) is 0 Å². The quantitative estimate of drug-likeness (QED) is 0.158. The lowest BCUT2D eigenvalue weighted by molar-refractivity contribution is 0.269.